The second kappa shape index (κ2) is 12.9. The van der Waals surface area contributed by atoms with Gasteiger partial charge in [-0.05, 0) is 12.1 Å². The van der Waals surface area contributed by atoms with Crippen LogP contribution in [0.5, 0.6) is 5.75 Å². The van der Waals surface area contributed by atoms with E-state index in [1.165, 1.54) is 12.1 Å². The summed E-state index contributed by atoms with van der Waals surface area (Å²) < 4.78 is 4.29. The minimum absolute atomic E-state index is 0. The number of carbonyl (C=O) groups is 2. The van der Waals surface area contributed by atoms with Crippen molar-refractivity contribution in [2.75, 3.05) is 6.54 Å². The smallest absolute Gasteiger partial charge is 0.339 e. The van der Waals surface area contributed by atoms with Crippen molar-refractivity contribution in [2.45, 2.75) is 0 Å². The Hall–Kier alpha value is 0.206. The van der Waals surface area contributed by atoms with E-state index >= 15 is 0 Å². The summed E-state index contributed by atoms with van der Waals surface area (Å²) >= 11 is 16.3. The van der Waals surface area contributed by atoms with Gasteiger partial charge in [-0.15, -0.1) is 0 Å². The molecule has 0 heterocycles. The van der Waals surface area contributed by atoms with E-state index in [0.717, 1.165) is 0 Å². The molecule has 1 aromatic rings. The Balaban J connectivity index is -0.000000361. The molecule has 0 aliphatic rings. The number of nitrogens with two attached hydrogens (primary N) is 1. The van der Waals surface area contributed by atoms with Crippen molar-refractivity contribution in [1.29, 1.82) is 0 Å². The fourth-order valence-corrected chi connectivity index (χ4v) is 1.33. The van der Waals surface area contributed by atoms with Crippen LogP contribution in [0, 0.1) is 0 Å². The molecule has 0 bridgehead atoms. The van der Waals surface area contributed by atoms with Crippen LogP contribution in [0.25, 0.3) is 0 Å². The Morgan fingerprint density at radius 3 is 2.00 bits per heavy atom. The zero-order valence-corrected chi connectivity index (χ0v) is 15.7. The summed E-state index contributed by atoms with van der Waals surface area (Å²) in [5.74, 6) is -2.30. The summed E-state index contributed by atoms with van der Waals surface area (Å²) in [4.78, 5) is 19.8. The fourth-order valence-electron chi connectivity index (χ4n) is 0.776. The Morgan fingerprint density at radius 1 is 1.25 bits per heavy atom. The van der Waals surface area contributed by atoms with Crippen molar-refractivity contribution in [3.8, 4) is 5.75 Å². The van der Waals surface area contributed by atoms with Crippen LogP contribution in [-0.4, -0.2) is 46.1 Å². The number of aliphatic carboxylic acids is 1. The molecule has 0 aliphatic heterocycles. The summed E-state index contributed by atoms with van der Waals surface area (Å²) in [5, 5.41) is 16.4. The molecule has 0 amide bonds. The van der Waals surface area contributed by atoms with Crippen LogP contribution in [0.3, 0.4) is 0 Å². The topological polar surface area (TPSA) is 110 Å². The van der Waals surface area contributed by atoms with Crippen molar-refractivity contribution in [2.24, 2.45) is 5.73 Å². The molecule has 0 saturated heterocycles. The van der Waals surface area contributed by atoms with Gasteiger partial charge >= 0.3 is 11.9 Å². The minimum atomic E-state index is -1.19. The number of hydrogen-bond donors (Lipinski definition) is 3. The molecule has 6 nitrogen and oxygen atoms in total. The summed E-state index contributed by atoms with van der Waals surface area (Å²) in [6.45, 7) is -0.278. The van der Waals surface area contributed by atoms with Gasteiger partial charge in [-0.25, -0.2) is 4.79 Å². The van der Waals surface area contributed by atoms with Crippen molar-refractivity contribution in [3.05, 3.63) is 27.7 Å². The fraction of sp³-hybridized carbons (Fsp3) is 0.111. The summed E-state index contributed by atoms with van der Waals surface area (Å²) in [5.41, 5.74) is 4.44. The maximum Gasteiger partial charge on any atom is 0.339 e. The first-order valence-electron chi connectivity index (χ1n) is 4.26. The third-order valence-electron chi connectivity index (χ3n) is 1.53. The Labute approximate surface area is 159 Å². The van der Waals surface area contributed by atoms with Crippen LogP contribution >= 0.6 is 35.1 Å². The second-order valence-corrected chi connectivity index (χ2v) is 3.66. The van der Waals surface area contributed by atoms with Gasteiger partial charge < -0.3 is 20.2 Å². The van der Waals surface area contributed by atoms with Crippen LogP contribution in [0.4, 0.5) is 0 Å². The summed E-state index contributed by atoms with van der Waals surface area (Å²) in [7, 11) is 0. The van der Waals surface area contributed by atoms with Gasteiger partial charge in [0.1, 0.15) is 22.5 Å². The predicted octanol–water partition coefficient (Wildman–Crippen LogP) is 1.87. The second-order valence-electron chi connectivity index (χ2n) is 2.72. The Kier molecular flexibility index (Phi) is 16.3. The third-order valence-corrected chi connectivity index (χ3v) is 2.47. The third kappa shape index (κ3) is 8.48. The molecule has 0 spiro atoms. The molecule has 107 valence electrons. The van der Waals surface area contributed by atoms with Crippen molar-refractivity contribution in [3.63, 3.8) is 0 Å². The van der Waals surface area contributed by atoms with E-state index in [1.54, 1.807) is 0 Å². The van der Waals surface area contributed by atoms with Gasteiger partial charge in [0.25, 0.3) is 0 Å². The molecule has 3 radical (unpaired) electrons. The van der Waals surface area contributed by atoms with Gasteiger partial charge in [0.15, 0.2) is 5.75 Å². The van der Waals surface area contributed by atoms with E-state index in [-0.39, 0.29) is 71.5 Å². The zero-order valence-electron chi connectivity index (χ0n) is 9.77. The van der Waals surface area contributed by atoms with Gasteiger partial charge in [-0.3, -0.25) is 4.79 Å². The van der Waals surface area contributed by atoms with E-state index in [1.807, 2.05) is 0 Å². The number of benzene rings is 1. The maximum atomic E-state index is 10.6. The van der Waals surface area contributed by atoms with E-state index in [2.05, 4.69) is 10.0 Å². The molecule has 0 unspecified atom stereocenters. The molecule has 0 atom stereocenters. The molecular weight excluding hydrogens is 427 g/mol. The van der Waals surface area contributed by atoms with E-state index < -0.39 is 11.9 Å². The van der Waals surface area contributed by atoms with Gasteiger partial charge in [0, 0.05) is 43.6 Å². The van der Waals surface area contributed by atoms with E-state index in [4.69, 9.17) is 45.3 Å². The largest absolute Gasteiger partial charge is 0.480 e. The van der Waals surface area contributed by atoms with Crippen LogP contribution in [0.15, 0.2) is 12.1 Å². The molecule has 0 saturated carbocycles. The predicted molar refractivity (Wildman–Crippen MR) is 72.3 cm³/mol. The first-order chi connectivity index (χ1) is 8.34. The monoisotopic (exact) mass is 432 g/mol. The number of halogens is 3. The molecule has 0 aliphatic carbocycles. The normalized spacial score (nSPS) is 8.20. The van der Waals surface area contributed by atoms with E-state index in [9.17, 15) is 9.59 Å². The zero-order chi connectivity index (χ0) is 14.3. The molecule has 0 aromatic heterocycles. The van der Waals surface area contributed by atoms with Crippen LogP contribution in [0.2, 0.25) is 10.0 Å². The first-order valence-corrected chi connectivity index (χ1v) is 5.33. The average Bonchev–Trinajstić information content (AvgIpc) is 2.32. The number of rotatable bonds is 3. The maximum absolute atomic E-state index is 10.6. The Bertz CT molecular complexity index is 463. The molecular formula is C9H8AlCl3NO5Zr. The molecule has 20 heavy (non-hydrogen) atoms. The van der Waals surface area contributed by atoms with Crippen LogP contribution in [-0.2, 0) is 31.0 Å². The molecule has 1 rings (SSSR count). The SMILES string of the molecule is NCC(=O)O.O=C(O)c1ccc(Cl)c(Cl)c1OCl.[Al].[Zr]. The van der Waals surface area contributed by atoms with Crippen molar-refractivity contribution >= 4 is 64.4 Å². The number of carboxylic acid groups (broad SMARTS) is 2. The number of carboxylic acids is 2. The van der Waals surface area contributed by atoms with Gasteiger partial charge in [-0.2, -0.15) is 0 Å². The van der Waals surface area contributed by atoms with Gasteiger partial charge in [-0.1, -0.05) is 23.2 Å². The van der Waals surface area contributed by atoms with Gasteiger partial charge in [0.05, 0.1) is 11.6 Å². The van der Waals surface area contributed by atoms with E-state index in [0.29, 0.717) is 0 Å². The van der Waals surface area contributed by atoms with Crippen molar-refractivity contribution in [1.82, 2.24) is 0 Å². The minimum Gasteiger partial charge on any atom is -0.480 e. The quantitative estimate of drug-likeness (QED) is 0.627. The molecule has 0 fully saturated rings. The van der Waals surface area contributed by atoms with Gasteiger partial charge in [0.2, 0.25) is 0 Å². The molecule has 11 heteroatoms. The molecule has 4 N–H and O–H groups in total. The average molecular weight is 435 g/mol. The number of aromatic carboxylic acids is 1. The van der Waals surface area contributed by atoms with Crippen LogP contribution in [0.1, 0.15) is 10.4 Å². The van der Waals surface area contributed by atoms with Crippen molar-refractivity contribution < 1.29 is 50.3 Å². The number of hydrogen-bond acceptors (Lipinski definition) is 4. The standard InChI is InChI=1S/C7H3Cl3O3.C2H5NO2.Al.Zr/c8-4-2-1-3(7(11)12)6(13-10)5(4)9;3-1-2(4)5;;/h1-2H,(H,11,12);1,3H2,(H,4,5);;. The summed E-state index contributed by atoms with van der Waals surface area (Å²) in [6.07, 6.45) is 0. The Morgan fingerprint density at radius 2 is 1.70 bits per heavy atom. The summed E-state index contributed by atoms with van der Waals surface area (Å²) in [6, 6.07) is 2.61. The molecule has 1 aromatic carbocycles. The van der Waals surface area contributed by atoms with Crippen LogP contribution < -0.4 is 10.0 Å². The first kappa shape index (κ1) is 25.2.